The van der Waals surface area contributed by atoms with Gasteiger partial charge in [-0.25, -0.2) is 9.97 Å². The Morgan fingerprint density at radius 1 is 1.09 bits per heavy atom. The number of benzene rings is 1. The van der Waals surface area contributed by atoms with E-state index in [1.54, 1.807) is 17.7 Å². The van der Waals surface area contributed by atoms with Crippen molar-refractivity contribution in [2.24, 2.45) is 0 Å². The Hall–Kier alpha value is -2.40. The second-order valence-corrected chi connectivity index (χ2v) is 6.70. The number of ether oxygens (including phenoxy) is 1. The van der Waals surface area contributed by atoms with Crippen molar-refractivity contribution in [1.82, 2.24) is 9.97 Å². The number of aromatic nitrogens is 2. The summed E-state index contributed by atoms with van der Waals surface area (Å²) in [6, 6.07) is 7.99. The number of rotatable bonds is 2. The fraction of sp³-hybridized carbons (Fsp3) is 0.222. The lowest BCUT2D eigenvalue weighted by atomic mass is 9.96. The standard InChI is InChI=1S/C18H14N2O2S/c1-2-4-15-12(3-1)13-9-11(5-6-16(13)22-15)21-18-17-14(7-8-23-17)19-10-20-18/h5-10H,1-4H2. The highest BCUT2D eigenvalue weighted by Gasteiger charge is 2.18. The van der Waals surface area contributed by atoms with Gasteiger partial charge in [0.1, 0.15) is 28.1 Å². The van der Waals surface area contributed by atoms with Crippen LogP contribution in [0, 0.1) is 0 Å². The van der Waals surface area contributed by atoms with Gasteiger partial charge in [-0.3, -0.25) is 0 Å². The monoisotopic (exact) mass is 322 g/mol. The zero-order chi connectivity index (χ0) is 15.2. The van der Waals surface area contributed by atoms with E-state index in [-0.39, 0.29) is 0 Å². The Kier molecular flexibility index (Phi) is 2.88. The Labute approximate surface area is 136 Å². The highest BCUT2D eigenvalue weighted by molar-refractivity contribution is 7.17. The van der Waals surface area contributed by atoms with E-state index in [0.29, 0.717) is 5.88 Å². The molecule has 4 aromatic rings. The molecule has 0 aliphatic heterocycles. The summed E-state index contributed by atoms with van der Waals surface area (Å²) in [4.78, 5) is 8.53. The van der Waals surface area contributed by atoms with Crippen LogP contribution in [0.5, 0.6) is 11.6 Å². The molecule has 0 fully saturated rings. The lowest BCUT2D eigenvalue weighted by Crippen LogP contribution is -1.98. The molecule has 0 unspecified atom stereocenters. The van der Waals surface area contributed by atoms with Gasteiger partial charge in [0.05, 0.1) is 5.52 Å². The maximum absolute atomic E-state index is 6.04. The number of hydrogen-bond donors (Lipinski definition) is 0. The summed E-state index contributed by atoms with van der Waals surface area (Å²) in [5.41, 5.74) is 3.22. The van der Waals surface area contributed by atoms with Crippen LogP contribution >= 0.6 is 11.3 Å². The van der Waals surface area contributed by atoms with Gasteiger partial charge in [-0.2, -0.15) is 0 Å². The van der Waals surface area contributed by atoms with Gasteiger partial charge in [-0.1, -0.05) is 0 Å². The van der Waals surface area contributed by atoms with Crippen LogP contribution in [0.2, 0.25) is 0 Å². The predicted octanol–water partition coefficient (Wildman–Crippen LogP) is 5.11. The number of furan rings is 1. The predicted molar refractivity (Wildman–Crippen MR) is 90.3 cm³/mol. The second kappa shape index (κ2) is 5.06. The van der Waals surface area contributed by atoms with Crippen LogP contribution in [0.1, 0.15) is 24.2 Å². The first-order valence-corrected chi connectivity index (χ1v) is 8.67. The molecule has 0 atom stereocenters. The normalized spacial score (nSPS) is 14.3. The van der Waals surface area contributed by atoms with E-state index >= 15 is 0 Å². The van der Waals surface area contributed by atoms with E-state index < -0.39 is 0 Å². The van der Waals surface area contributed by atoms with Gasteiger partial charge in [-0.15, -0.1) is 11.3 Å². The third-order valence-corrected chi connectivity index (χ3v) is 5.24. The van der Waals surface area contributed by atoms with Gasteiger partial charge in [0.25, 0.3) is 0 Å². The third kappa shape index (κ3) is 2.11. The molecule has 3 heterocycles. The molecule has 0 spiro atoms. The molecule has 0 saturated carbocycles. The Balaban J connectivity index is 1.59. The van der Waals surface area contributed by atoms with Gasteiger partial charge in [0.15, 0.2) is 0 Å². The van der Waals surface area contributed by atoms with Crippen LogP contribution in [0.25, 0.3) is 21.2 Å². The number of nitrogens with zero attached hydrogens (tertiary/aromatic N) is 2. The van der Waals surface area contributed by atoms with Crippen molar-refractivity contribution in [3.8, 4) is 11.6 Å². The molecule has 0 amide bonds. The van der Waals surface area contributed by atoms with Crippen molar-refractivity contribution >= 4 is 32.5 Å². The molecule has 1 aliphatic carbocycles. The molecule has 5 rings (SSSR count). The van der Waals surface area contributed by atoms with Crippen molar-refractivity contribution in [1.29, 1.82) is 0 Å². The minimum absolute atomic E-state index is 0.613. The van der Waals surface area contributed by atoms with Crippen molar-refractivity contribution in [2.75, 3.05) is 0 Å². The van der Waals surface area contributed by atoms with Gasteiger partial charge < -0.3 is 9.15 Å². The van der Waals surface area contributed by atoms with Crippen molar-refractivity contribution in [3.05, 3.63) is 47.3 Å². The van der Waals surface area contributed by atoms with Crippen molar-refractivity contribution in [2.45, 2.75) is 25.7 Å². The molecule has 3 aromatic heterocycles. The molecule has 114 valence electrons. The average Bonchev–Trinajstić information content (AvgIpc) is 3.19. The minimum Gasteiger partial charge on any atom is -0.461 e. The summed E-state index contributed by atoms with van der Waals surface area (Å²) in [6.07, 6.45) is 6.13. The summed E-state index contributed by atoms with van der Waals surface area (Å²) >= 11 is 1.59. The quantitative estimate of drug-likeness (QED) is 0.514. The van der Waals surface area contributed by atoms with Gasteiger partial charge in [0, 0.05) is 17.4 Å². The zero-order valence-corrected chi connectivity index (χ0v) is 13.2. The van der Waals surface area contributed by atoms with E-state index in [1.807, 2.05) is 23.6 Å². The molecule has 5 heteroatoms. The highest BCUT2D eigenvalue weighted by Crippen LogP contribution is 2.36. The number of thiophene rings is 1. The largest absolute Gasteiger partial charge is 0.461 e. The second-order valence-electron chi connectivity index (χ2n) is 5.78. The van der Waals surface area contributed by atoms with Gasteiger partial charge in [0.2, 0.25) is 5.88 Å². The number of aryl methyl sites for hydroxylation is 2. The Morgan fingerprint density at radius 2 is 2.04 bits per heavy atom. The lowest BCUT2D eigenvalue weighted by Gasteiger charge is -2.09. The maximum atomic E-state index is 6.04. The first-order chi connectivity index (χ1) is 11.4. The van der Waals surface area contributed by atoms with Crippen molar-refractivity contribution < 1.29 is 9.15 Å². The van der Waals surface area contributed by atoms with Crippen LogP contribution in [-0.4, -0.2) is 9.97 Å². The Morgan fingerprint density at radius 3 is 3.04 bits per heavy atom. The summed E-state index contributed by atoms with van der Waals surface area (Å²) in [5, 5.41) is 3.18. The number of fused-ring (bicyclic) bond motifs is 4. The van der Waals surface area contributed by atoms with E-state index in [4.69, 9.17) is 9.15 Å². The molecule has 1 aromatic carbocycles. The molecule has 0 saturated heterocycles. The van der Waals surface area contributed by atoms with E-state index in [0.717, 1.165) is 40.2 Å². The number of hydrogen-bond acceptors (Lipinski definition) is 5. The van der Waals surface area contributed by atoms with E-state index in [9.17, 15) is 0 Å². The smallest absolute Gasteiger partial charge is 0.240 e. The highest BCUT2D eigenvalue weighted by atomic mass is 32.1. The first kappa shape index (κ1) is 13.1. The molecule has 0 bridgehead atoms. The summed E-state index contributed by atoms with van der Waals surface area (Å²) < 4.78 is 13.0. The molecule has 23 heavy (non-hydrogen) atoms. The summed E-state index contributed by atoms with van der Waals surface area (Å²) in [5.74, 6) is 2.55. The summed E-state index contributed by atoms with van der Waals surface area (Å²) in [7, 11) is 0. The molecule has 1 aliphatic rings. The molecular weight excluding hydrogens is 308 g/mol. The minimum atomic E-state index is 0.613. The van der Waals surface area contributed by atoms with Crippen LogP contribution in [-0.2, 0) is 12.8 Å². The first-order valence-electron chi connectivity index (χ1n) is 7.79. The van der Waals surface area contributed by atoms with E-state index in [2.05, 4.69) is 16.0 Å². The molecule has 0 N–H and O–H groups in total. The molecule has 0 radical (unpaired) electrons. The van der Waals surface area contributed by atoms with Crippen LogP contribution < -0.4 is 4.74 Å². The molecular formula is C18H14N2O2S. The zero-order valence-electron chi connectivity index (χ0n) is 12.4. The average molecular weight is 322 g/mol. The van der Waals surface area contributed by atoms with Crippen LogP contribution in [0.3, 0.4) is 0 Å². The van der Waals surface area contributed by atoms with Crippen LogP contribution in [0.4, 0.5) is 0 Å². The van der Waals surface area contributed by atoms with Crippen molar-refractivity contribution in [3.63, 3.8) is 0 Å². The SMILES string of the molecule is c1nc(Oc2ccc3oc4c(c3c2)CCCC4)c2sccc2n1. The third-order valence-electron chi connectivity index (χ3n) is 4.35. The molecule has 4 nitrogen and oxygen atoms in total. The summed E-state index contributed by atoms with van der Waals surface area (Å²) in [6.45, 7) is 0. The van der Waals surface area contributed by atoms with Gasteiger partial charge in [-0.05, 0) is 48.9 Å². The Bertz CT molecular complexity index is 1020. The van der Waals surface area contributed by atoms with E-state index in [1.165, 1.54) is 23.8 Å². The van der Waals surface area contributed by atoms with Gasteiger partial charge >= 0.3 is 0 Å². The maximum Gasteiger partial charge on any atom is 0.240 e. The topological polar surface area (TPSA) is 48.2 Å². The van der Waals surface area contributed by atoms with Crippen LogP contribution in [0.15, 0.2) is 40.4 Å². The fourth-order valence-electron chi connectivity index (χ4n) is 3.26. The lowest BCUT2D eigenvalue weighted by molar-refractivity contribution is 0.469. The fourth-order valence-corrected chi connectivity index (χ4v) is 4.03.